The first kappa shape index (κ1) is 18.3. The zero-order valence-electron chi connectivity index (χ0n) is 12.6. The van der Waals surface area contributed by atoms with E-state index in [1.165, 1.54) is 17.8 Å². The van der Waals surface area contributed by atoms with E-state index in [2.05, 4.69) is 11.4 Å². The lowest BCUT2D eigenvalue weighted by atomic mass is 10.3. The Balaban J connectivity index is 1.92. The highest BCUT2D eigenvalue weighted by molar-refractivity contribution is 8.00. The van der Waals surface area contributed by atoms with Crippen LogP contribution in [0.2, 0.25) is 0 Å². The van der Waals surface area contributed by atoms with E-state index < -0.39 is 11.6 Å². The molecule has 0 radical (unpaired) electrons. The zero-order valence-corrected chi connectivity index (χ0v) is 14.2. The van der Waals surface area contributed by atoms with Crippen LogP contribution in [0.25, 0.3) is 0 Å². The van der Waals surface area contributed by atoms with Crippen molar-refractivity contribution in [1.82, 2.24) is 0 Å². The zero-order chi connectivity index (χ0) is 17.4. The second-order valence-electron chi connectivity index (χ2n) is 4.67. The number of thioether (sulfide) groups is 2. The molecule has 0 fully saturated rings. The van der Waals surface area contributed by atoms with Gasteiger partial charge in [0, 0.05) is 22.0 Å². The quantitative estimate of drug-likeness (QED) is 0.571. The lowest BCUT2D eigenvalue weighted by molar-refractivity contribution is -0.113. The molecule has 0 aromatic heterocycles. The number of carbonyl (C=O) groups excluding carboxylic acids is 1. The normalized spacial score (nSPS) is 10.2. The summed E-state index contributed by atoms with van der Waals surface area (Å²) in [5, 5.41) is 11.4. The average Bonchev–Trinajstić information content (AvgIpc) is 2.58. The minimum absolute atomic E-state index is 0.0856. The average molecular weight is 364 g/mol. The highest BCUT2D eigenvalue weighted by Gasteiger charge is 2.09. The molecule has 0 aliphatic carbocycles. The number of carbonyl (C=O) groups is 1. The highest BCUT2D eigenvalue weighted by atomic mass is 32.2. The second kappa shape index (κ2) is 9.30. The van der Waals surface area contributed by atoms with Gasteiger partial charge in [0.05, 0.1) is 17.5 Å². The summed E-state index contributed by atoms with van der Waals surface area (Å²) in [6.07, 6.45) is 0.429. The summed E-state index contributed by atoms with van der Waals surface area (Å²) in [4.78, 5) is 13.4. The number of halogens is 2. The maximum absolute atomic E-state index is 13.1. The Bertz CT molecular complexity index is 762. The molecule has 3 nitrogen and oxygen atoms in total. The number of benzene rings is 2. The summed E-state index contributed by atoms with van der Waals surface area (Å²) in [7, 11) is 0. The van der Waals surface area contributed by atoms with E-state index in [1.54, 1.807) is 6.07 Å². The van der Waals surface area contributed by atoms with E-state index in [0.717, 1.165) is 28.8 Å². The molecule has 0 aliphatic rings. The molecule has 2 aromatic rings. The monoisotopic (exact) mass is 364 g/mol. The smallest absolute Gasteiger partial charge is 0.234 e. The Morgan fingerprint density at radius 3 is 2.67 bits per heavy atom. The molecule has 1 N–H and O–H groups in total. The fourth-order valence-corrected chi connectivity index (χ4v) is 3.39. The van der Waals surface area contributed by atoms with Crippen LogP contribution in [0.5, 0.6) is 0 Å². The van der Waals surface area contributed by atoms with Crippen molar-refractivity contribution in [3.05, 3.63) is 54.1 Å². The van der Waals surface area contributed by atoms with Gasteiger partial charge in [-0.15, -0.1) is 23.5 Å². The van der Waals surface area contributed by atoms with Crippen molar-refractivity contribution in [2.75, 3.05) is 16.8 Å². The molecule has 124 valence electrons. The molecule has 0 atom stereocenters. The van der Waals surface area contributed by atoms with Gasteiger partial charge < -0.3 is 5.32 Å². The topological polar surface area (TPSA) is 52.9 Å². The number of para-hydroxylation sites is 1. The molecule has 0 saturated carbocycles. The largest absolute Gasteiger partial charge is 0.324 e. The Kier molecular flexibility index (Phi) is 7.09. The number of anilines is 1. The molecule has 2 rings (SSSR count). The Hall–Kier alpha value is -2.04. The third-order valence-corrected chi connectivity index (χ3v) is 4.96. The molecule has 0 heterocycles. The summed E-state index contributed by atoms with van der Waals surface area (Å²) in [6, 6.07) is 13.0. The molecule has 0 spiro atoms. The summed E-state index contributed by atoms with van der Waals surface area (Å²) in [5.41, 5.74) is 0.677. The second-order valence-corrected chi connectivity index (χ2v) is 6.85. The van der Waals surface area contributed by atoms with E-state index in [0.29, 0.717) is 22.8 Å². The summed E-state index contributed by atoms with van der Waals surface area (Å²) >= 11 is 2.63. The number of nitriles is 1. The van der Waals surface area contributed by atoms with Crippen LogP contribution in [0.1, 0.15) is 6.42 Å². The number of rotatable bonds is 7. The number of amides is 1. The van der Waals surface area contributed by atoms with E-state index in [-0.39, 0.29) is 11.7 Å². The molecule has 0 saturated heterocycles. The Morgan fingerprint density at radius 2 is 1.92 bits per heavy atom. The van der Waals surface area contributed by atoms with Crippen molar-refractivity contribution in [2.45, 2.75) is 16.2 Å². The standard InChI is InChI=1S/C17H14F2N2OS2/c18-13-7-6-12(10-14(13)19)24-11-17(22)21-15-4-1-2-5-16(15)23-9-3-8-20/h1-2,4-7,10H,3,9,11H2,(H,21,22). The van der Waals surface area contributed by atoms with Crippen molar-refractivity contribution in [3.63, 3.8) is 0 Å². The van der Waals surface area contributed by atoms with E-state index in [9.17, 15) is 13.6 Å². The molecular formula is C17H14F2N2OS2. The van der Waals surface area contributed by atoms with Crippen LogP contribution in [0.4, 0.5) is 14.5 Å². The molecule has 0 bridgehead atoms. The van der Waals surface area contributed by atoms with Gasteiger partial charge in [-0.3, -0.25) is 4.79 Å². The maximum Gasteiger partial charge on any atom is 0.234 e. The van der Waals surface area contributed by atoms with Gasteiger partial charge in [0.15, 0.2) is 11.6 Å². The first-order chi connectivity index (χ1) is 11.6. The summed E-state index contributed by atoms with van der Waals surface area (Å²) in [6.45, 7) is 0. The van der Waals surface area contributed by atoms with Gasteiger partial charge in [0.25, 0.3) is 0 Å². The minimum Gasteiger partial charge on any atom is -0.324 e. The van der Waals surface area contributed by atoms with Crippen LogP contribution in [0.3, 0.4) is 0 Å². The fraction of sp³-hybridized carbons (Fsp3) is 0.176. The molecule has 7 heteroatoms. The van der Waals surface area contributed by atoms with Gasteiger partial charge >= 0.3 is 0 Å². The van der Waals surface area contributed by atoms with Gasteiger partial charge in [-0.1, -0.05) is 12.1 Å². The molecule has 24 heavy (non-hydrogen) atoms. The van der Waals surface area contributed by atoms with Crippen molar-refractivity contribution in [2.24, 2.45) is 0 Å². The molecule has 2 aromatic carbocycles. The predicted molar refractivity (Wildman–Crippen MR) is 93.1 cm³/mol. The number of nitrogens with zero attached hydrogens (tertiary/aromatic N) is 1. The lowest BCUT2D eigenvalue weighted by Gasteiger charge is -2.10. The van der Waals surface area contributed by atoms with Crippen LogP contribution in [-0.4, -0.2) is 17.4 Å². The SMILES string of the molecule is N#CCCSc1ccccc1NC(=O)CSc1ccc(F)c(F)c1. The molecular weight excluding hydrogens is 350 g/mol. The van der Waals surface area contributed by atoms with Gasteiger partial charge in [0.2, 0.25) is 5.91 Å². The van der Waals surface area contributed by atoms with Crippen molar-refractivity contribution in [1.29, 1.82) is 5.26 Å². The predicted octanol–water partition coefficient (Wildman–Crippen LogP) is 4.70. The third-order valence-electron chi connectivity index (χ3n) is 2.89. The fourth-order valence-electron chi connectivity index (χ4n) is 1.80. The summed E-state index contributed by atoms with van der Waals surface area (Å²) < 4.78 is 26.0. The molecule has 1 amide bonds. The van der Waals surface area contributed by atoms with Crippen LogP contribution in [0, 0.1) is 23.0 Å². The molecule has 0 unspecified atom stereocenters. The number of hydrogen-bond acceptors (Lipinski definition) is 4. The number of nitrogens with one attached hydrogen (secondary N) is 1. The summed E-state index contributed by atoms with van der Waals surface area (Å²) in [5.74, 6) is -1.35. The maximum atomic E-state index is 13.1. The van der Waals surface area contributed by atoms with Crippen molar-refractivity contribution >= 4 is 35.1 Å². The van der Waals surface area contributed by atoms with Crippen LogP contribution >= 0.6 is 23.5 Å². The van der Waals surface area contributed by atoms with Crippen molar-refractivity contribution in [3.8, 4) is 6.07 Å². The van der Waals surface area contributed by atoms with E-state index in [1.807, 2.05) is 18.2 Å². The van der Waals surface area contributed by atoms with Gasteiger partial charge in [-0.2, -0.15) is 5.26 Å². The van der Waals surface area contributed by atoms with Crippen LogP contribution < -0.4 is 5.32 Å². The van der Waals surface area contributed by atoms with Crippen molar-refractivity contribution < 1.29 is 13.6 Å². The van der Waals surface area contributed by atoms with Gasteiger partial charge in [-0.05, 0) is 30.3 Å². The third kappa shape index (κ3) is 5.55. The van der Waals surface area contributed by atoms with E-state index >= 15 is 0 Å². The first-order valence-corrected chi connectivity index (χ1v) is 9.03. The van der Waals surface area contributed by atoms with Crippen LogP contribution in [-0.2, 0) is 4.79 Å². The Labute approximate surface area is 147 Å². The Morgan fingerprint density at radius 1 is 1.12 bits per heavy atom. The first-order valence-electron chi connectivity index (χ1n) is 7.06. The minimum atomic E-state index is -0.931. The van der Waals surface area contributed by atoms with Crippen LogP contribution in [0.15, 0.2) is 52.3 Å². The van der Waals surface area contributed by atoms with Gasteiger partial charge in [0.1, 0.15) is 0 Å². The lowest BCUT2D eigenvalue weighted by Crippen LogP contribution is -2.14. The van der Waals surface area contributed by atoms with E-state index in [4.69, 9.17) is 5.26 Å². The molecule has 0 aliphatic heterocycles. The highest BCUT2D eigenvalue weighted by Crippen LogP contribution is 2.28. The number of hydrogen-bond donors (Lipinski definition) is 1. The van der Waals surface area contributed by atoms with Gasteiger partial charge in [-0.25, -0.2) is 8.78 Å².